The van der Waals surface area contributed by atoms with Gasteiger partial charge in [-0.2, -0.15) is 0 Å². The lowest BCUT2D eigenvalue weighted by molar-refractivity contribution is 0.288. The highest BCUT2D eigenvalue weighted by Gasteiger charge is 2.13. The van der Waals surface area contributed by atoms with Gasteiger partial charge in [0.15, 0.2) is 11.0 Å². The fourth-order valence-corrected chi connectivity index (χ4v) is 5.03. The summed E-state index contributed by atoms with van der Waals surface area (Å²) in [6, 6.07) is 13.9. The Balaban J connectivity index is 1.38. The Hall–Kier alpha value is -2.35. The molecule has 5 nitrogen and oxygen atoms in total. The number of hydrogen-bond donors (Lipinski definition) is 0. The van der Waals surface area contributed by atoms with E-state index in [9.17, 15) is 0 Å². The van der Waals surface area contributed by atoms with Gasteiger partial charge in [0.25, 0.3) is 0 Å². The molecule has 30 heavy (non-hydrogen) atoms. The number of aromatic nitrogens is 4. The number of ether oxygens (including phenoxy) is 1. The Morgan fingerprint density at radius 3 is 2.73 bits per heavy atom. The minimum atomic E-state index is 0.348. The van der Waals surface area contributed by atoms with Crippen molar-refractivity contribution in [3.63, 3.8) is 0 Å². The number of aryl methyl sites for hydroxylation is 2. The summed E-state index contributed by atoms with van der Waals surface area (Å²) in [4.78, 5) is 4.79. The van der Waals surface area contributed by atoms with Gasteiger partial charge in [-0.1, -0.05) is 47.6 Å². The SMILES string of the molecule is Cc1cc(Cl)ccc1OCc1nnc(SCc2csc(-c3ccccc3C)n2)n1C. The fraction of sp³-hybridized carbons (Fsp3) is 0.227. The summed E-state index contributed by atoms with van der Waals surface area (Å²) in [5.74, 6) is 2.31. The Morgan fingerprint density at radius 1 is 1.10 bits per heavy atom. The fourth-order valence-electron chi connectivity index (χ4n) is 2.96. The smallest absolute Gasteiger partial charge is 0.191 e. The van der Waals surface area contributed by atoms with Crippen LogP contribution in [0.15, 0.2) is 53.0 Å². The van der Waals surface area contributed by atoms with Crippen molar-refractivity contribution in [3.8, 4) is 16.3 Å². The van der Waals surface area contributed by atoms with Crippen LogP contribution in [0.1, 0.15) is 22.6 Å². The molecule has 2 aromatic heterocycles. The molecule has 0 unspecified atom stereocenters. The first kappa shape index (κ1) is 20.9. The molecule has 0 saturated carbocycles. The Bertz CT molecular complexity index is 1170. The van der Waals surface area contributed by atoms with E-state index in [1.54, 1.807) is 23.1 Å². The molecular formula is C22H21ClN4OS2. The van der Waals surface area contributed by atoms with Gasteiger partial charge in [0.2, 0.25) is 0 Å². The average Bonchev–Trinajstić information content (AvgIpc) is 3.33. The van der Waals surface area contributed by atoms with Crippen LogP contribution in [0.3, 0.4) is 0 Å². The van der Waals surface area contributed by atoms with Crippen LogP contribution in [0.4, 0.5) is 0 Å². The molecule has 4 aromatic rings. The first-order valence-corrected chi connectivity index (χ1v) is 11.7. The van der Waals surface area contributed by atoms with Crippen molar-refractivity contribution in [2.24, 2.45) is 7.05 Å². The summed E-state index contributed by atoms with van der Waals surface area (Å²) in [6.07, 6.45) is 0. The maximum Gasteiger partial charge on any atom is 0.191 e. The normalized spacial score (nSPS) is 11.1. The van der Waals surface area contributed by atoms with Gasteiger partial charge < -0.3 is 9.30 Å². The van der Waals surface area contributed by atoms with Gasteiger partial charge in [0.1, 0.15) is 17.4 Å². The summed E-state index contributed by atoms with van der Waals surface area (Å²) < 4.78 is 7.86. The van der Waals surface area contributed by atoms with E-state index in [1.807, 2.05) is 48.9 Å². The first-order chi connectivity index (χ1) is 14.5. The minimum absolute atomic E-state index is 0.348. The predicted octanol–water partition coefficient (Wildman–Crippen LogP) is 6.08. The summed E-state index contributed by atoms with van der Waals surface area (Å²) in [6.45, 7) is 4.43. The van der Waals surface area contributed by atoms with Crippen molar-refractivity contribution >= 4 is 34.7 Å². The quantitative estimate of drug-likeness (QED) is 0.315. The van der Waals surface area contributed by atoms with Crippen molar-refractivity contribution in [1.29, 1.82) is 0 Å². The van der Waals surface area contributed by atoms with Crippen LogP contribution in [-0.4, -0.2) is 19.7 Å². The number of halogens is 1. The highest BCUT2D eigenvalue weighted by atomic mass is 35.5. The molecule has 8 heteroatoms. The maximum absolute atomic E-state index is 6.00. The molecule has 0 aliphatic rings. The van der Waals surface area contributed by atoms with Crippen LogP contribution in [0, 0.1) is 13.8 Å². The number of nitrogens with zero attached hydrogens (tertiary/aromatic N) is 4. The lowest BCUT2D eigenvalue weighted by Crippen LogP contribution is -2.05. The highest BCUT2D eigenvalue weighted by molar-refractivity contribution is 7.98. The summed E-state index contributed by atoms with van der Waals surface area (Å²) in [5, 5.41) is 13.3. The van der Waals surface area contributed by atoms with Crippen LogP contribution in [-0.2, 0) is 19.4 Å². The predicted molar refractivity (Wildman–Crippen MR) is 123 cm³/mol. The zero-order valence-corrected chi connectivity index (χ0v) is 19.3. The van der Waals surface area contributed by atoms with Crippen molar-refractivity contribution in [1.82, 2.24) is 19.7 Å². The van der Waals surface area contributed by atoms with E-state index in [0.29, 0.717) is 11.6 Å². The molecule has 154 valence electrons. The molecule has 2 heterocycles. The van der Waals surface area contributed by atoms with E-state index in [1.165, 1.54) is 11.1 Å². The summed E-state index contributed by atoms with van der Waals surface area (Å²) in [5.41, 5.74) is 4.46. The number of benzene rings is 2. The number of thioether (sulfide) groups is 1. The number of rotatable bonds is 7. The van der Waals surface area contributed by atoms with Gasteiger partial charge in [0.05, 0.1) is 5.69 Å². The second-order valence-corrected chi connectivity index (χ2v) is 9.14. The van der Waals surface area contributed by atoms with Crippen LogP contribution in [0.5, 0.6) is 5.75 Å². The monoisotopic (exact) mass is 456 g/mol. The third-order valence-electron chi connectivity index (χ3n) is 4.70. The summed E-state index contributed by atoms with van der Waals surface area (Å²) in [7, 11) is 1.95. The van der Waals surface area contributed by atoms with Crippen molar-refractivity contribution in [2.45, 2.75) is 31.4 Å². The maximum atomic E-state index is 6.00. The molecule has 2 aromatic carbocycles. The topological polar surface area (TPSA) is 52.8 Å². The molecule has 0 N–H and O–H groups in total. The third kappa shape index (κ3) is 4.69. The summed E-state index contributed by atoms with van der Waals surface area (Å²) >= 11 is 9.30. The van der Waals surface area contributed by atoms with Crippen LogP contribution in [0.2, 0.25) is 5.02 Å². The molecule has 0 bridgehead atoms. The van der Waals surface area contributed by atoms with E-state index in [2.05, 4.69) is 34.6 Å². The van der Waals surface area contributed by atoms with Gasteiger partial charge >= 0.3 is 0 Å². The van der Waals surface area contributed by atoms with Crippen LogP contribution in [0.25, 0.3) is 10.6 Å². The van der Waals surface area contributed by atoms with E-state index in [0.717, 1.165) is 38.7 Å². The van der Waals surface area contributed by atoms with Gasteiger partial charge in [0, 0.05) is 28.8 Å². The zero-order valence-electron chi connectivity index (χ0n) is 16.9. The zero-order chi connectivity index (χ0) is 21.1. The molecule has 0 spiro atoms. The van der Waals surface area contributed by atoms with Gasteiger partial charge in [-0.3, -0.25) is 0 Å². The first-order valence-electron chi connectivity index (χ1n) is 9.41. The van der Waals surface area contributed by atoms with Gasteiger partial charge in [-0.25, -0.2) is 4.98 Å². The molecule has 4 rings (SSSR count). The van der Waals surface area contributed by atoms with E-state index in [4.69, 9.17) is 21.3 Å². The third-order valence-corrected chi connectivity index (χ3v) is 6.91. The molecule has 0 aliphatic heterocycles. The second-order valence-electron chi connectivity index (χ2n) is 6.90. The lowest BCUT2D eigenvalue weighted by Gasteiger charge is -2.09. The van der Waals surface area contributed by atoms with Crippen molar-refractivity contribution in [3.05, 3.63) is 75.5 Å². The lowest BCUT2D eigenvalue weighted by atomic mass is 10.1. The van der Waals surface area contributed by atoms with E-state index < -0.39 is 0 Å². The second kappa shape index (κ2) is 9.20. The van der Waals surface area contributed by atoms with Crippen LogP contribution < -0.4 is 4.74 Å². The average molecular weight is 457 g/mol. The Morgan fingerprint density at radius 2 is 1.93 bits per heavy atom. The molecular weight excluding hydrogens is 436 g/mol. The van der Waals surface area contributed by atoms with E-state index in [-0.39, 0.29) is 0 Å². The standard InChI is InChI=1S/C22H21ClN4OS2/c1-14-6-4-5-7-18(14)21-24-17(12-29-21)13-30-22-26-25-20(27(22)3)11-28-19-9-8-16(23)10-15(19)2/h4-10,12H,11,13H2,1-3H3. The number of thiazole rings is 1. The Labute approximate surface area is 189 Å². The van der Waals surface area contributed by atoms with Crippen LogP contribution >= 0.6 is 34.7 Å². The molecule has 0 aliphatic carbocycles. The van der Waals surface area contributed by atoms with E-state index >= 15 is 0 Å². The molecule has 0 atom stereocenters. The van der Waals surface area contributed by atoms with Crippen molar-refractivity contribution in [2.75, 3.05) is 0 Å². The number of hydrogen-bond acceptors (Lipinski definition) is 6. The minimum Gasteiger partial charge on any atom is -0.485 e. The molecule has 0 fully saturated rings. The molecule has 0 saturated heterocycles. The Kier molecular flexibility index (Phi) is 6.41. The molecule has 0 radical (unpaired) electrons. The highest BCUT2D eigenvalue weighted by Crippen LogP contribution is 2.29. The molecule has 0 amide bonds. The van der Waals surface area contributed by atoms with Crippen molar-refractivity contribution < 1.29 is 4.74 Å². The van der Waals surface area contributed by atoms with Gasteiger partial charge in [-0.15, -0.1) is 21.5 Å². The van der Waals surface area contributed by atoms with Gasteiger partial charge in [-0.05, 0) is 43.2 Å². The largest absolute Gasteiger partial charge is 0.485 e.